The van der Waals surface area contributed by atoms with Crippen LogP contribution in [0.2, 0.25) is 0 Å². The van der Waals surface area contributed by atoms with E-state index in [0.717, 1.165) is 17.4 Å². The number of aliphatic hydroxyl groups is 1. The van der Waals surface area contributed by atoms with Gasteiger partial charge in [-0.25, -0.2) is 17.7 Å². The maximum absolute atomic E-state index is 13.5. The SMILES string of the molecule is COc1ccc(-c2cnc3c(c2)C(=O)N([C@@H](C)CO)C[C@@H](C)[C@H](CN(C)S(C)(=O)=O)O3)cc1. The predicted molar refractivity (Wildman–Crippen MR) is 125 cm³/mol. The smallest absolute Gasteiger partial charge is 0.259 e. The molecule has 9 nitrogen and oxygen atoms in total. The number of fused-ring (bicyclic) bond motifs is 1. The molecule has 0 spiro atoms. The van der Waals surface area contributed by atoms with Gasteiger partial charge >= 0.3 is 0 Å². The number of nitrogens with zero attached hydrogens (tertiary/aromatic N) is 3. The molecule has 2 aromatic rings. The van der Waals surface area contributed by atoms with E-state index in [4.69, 9.17) is 9.47 Å². The molecule has 1 aromatic heterocycles. The number of ether oxygens (including phenoxy) is 2. The number of likely N-dealkylation sites (N-methyl/N-ethyl adjacent to an activating group) is 1. The van der Waals surface area contributed by atoms with Crippen LogP contribution in [-0.4, -0.2) is 85.9 Å². The number of benzene rings is 1. The van der Waals surface area contributed by atoms with Crippen molar-refractivity contribution in [3.8, 4) is 22.8 Å². The third kappa shape index (κ3) is 5.63. The van der Waals surface area contributed by atoms with Crippen LogP contribution in [0.5, 0.6) is 11.6 Å². The molecule has 2 heterocycles. The van der Waals surface area contributed by atoms with Crippen LogP contribution in [0.4, 0.5) is 0 Å². The Kier molecular flexibility index (Phi) is 7.61. The van der Waals surface area contributed by atoms with Gasteiger partial charge in [0.25, 0.3) is 5.91 Å². The molecule has 3 rings (SSSR count). The lowest BCUT2D eigenvalue weighted by Gasteiger charge is -2.37. The number of aliphatic hydroxyl groups excluding tert-OH is 1. The maximum Gasteiger partial charge on any atom is 0.259 e. The van der Waals surface area contributed by atoms with E-state index in [1.165, 1.54) is 11.4 Å². The molecule has 1 aliphatic rings. The van der Waals surface area contributed by atoms with Crippen LogP contribution in [0, 0.1) is 5.92 Å². The first-order valence-corrected chi connectivity index (χ1v) is 12.5. The number of pyridine rings is 1. The van der Waals surface area contributed by atoms with E-state index in [-0.39, 0.29) is 36.4 Å². The average Bonchev–Trinajstić information content (AvgIpc) is 2.79. The van der Waals surface area contributed by atoms with Gasteiger partial charge in [0.2, 0.25) is 15.9 Å². The van der Waals surface area contributed by atoms with Crippen LogP contribution in [0.25, 0.3) is 11.1 Å². The topological polar surface area (TPSA) is 109 Å². The monoisotopic (exact) mass is 477 g/mol. The van der Waals surface area contributed by atoms with E-state index in [0.29, 0.717) is 12.3 Å². The summed E-state index contributed by atoms with van der Waals surface area (Å²) in [5, 5.41) is 9.76. The normalized spacial score (nSPS) is 20.0. The van der Waals surface area contributed by atoms with E-state index in [1.54, 1.807) is 31.2 Å². The van der Waals surface area contributed by atoms with E-state index < -0.39 is 22.2 Å². The molecule has 0 unspecified atom stereocenters. The highest BCUT2D eigenvalue weighted by atomic mass is 32.2. The molecule has 1 amide bonds. The van der Waals surface area contributed by atoms with Crippen LogP contribution in [0.15, 0.2) is 36.5 Å². The van der Waals surface area contributed by atoms with Gasteiger partial charge in [-0.1, -0.05) is 19.1 Å². The Labute approximate surface area is 195 Å². The number of amides is 1. The first kappa shape index (κ1) is 24.9. The lowest BCUT2D eigenvalue weighted by molar-refractivity contribution is 0.0374. The zero-order valence-corrected chi connectivity index (χ0v) is 20.4. The van der Waals surface area contributed by atoms with Gasteiger partial charge in [-0.2, -0.15) is 0 Å². The number of hydrogen-bond acceptors (Lipinski definition) is 7. The number of carbonyl (C=O) groups excluding carboxylic acids is 1. The second-order valence-corrected chi connectivity index (χ2v) is 10.6. The molecule has 33 heavy (non-hydrogen) atoms. The summed E-state index contributed by atoms with van der Waals surface area (Å²) in [4.78, 5) is 19.5. The Hall–Kier alpha value is -2.69. The Balaban J connectivity index is 2.05. The number of hydrogen-bond donors (Lipinski definition) is 1. The van der Waals surface area contributed by atoms with Gasteiger partial charge in [-0.15, -0.1) is 0 Å². The number of methoxy groups -OCH3 is 1. The van der Waals surface area contributed by atoms with Crippen LogP contribution < -0.4 is 9.47 Å². The van der Waals surface area contributed by atoms with Gasteiger partial charge in [0.05, 0.1) is 32.6 Å². The molecule has 0 saturated carbocycles. The van der Waals surface area contributed by atoms with Crippen molar-refractivity contribution in [2.75, 3.05) is 40.1 Å². The zero-order valence-electron chi connectivity index (χ0n) is 19.6. The van der Waals surface area contributed by atoms with Crippen molar-refractivity contribution < 1.29 is 27.8 Å². The van der Waals surface area contributed by atoms with E-state index in [9.17, 15) is 18.3 Å². The lowest BCUT2D eigenvalue weighted by Crippen LogP contribution is -2.50. The molecule has 0 bridgehead atoms. The molecule has 1 aliphatic heterocycles. The molecular weight excluding hydrogens is 446 g/mol. The number of carbonyl (C=O) groups is 1. The summed E-state index contributed by atoms with van der Waals surface area (Å²) in [6.07, 6.45) is 2.22. The molecule has 1 N–H and O–H groups in total. The van der Waals surface area contributed by atoms with Gasteiger partial charge in [0.15, 0.2) is 0 Å². The summed E-state index contributed by atoms with van der Waals surface area (Å²) < 4.78 is 36.5. The van der Waals surface area contributed by atoms with Gasteiger partial charge in [0.1, 0.15) is 17.4 Å². The highest BCUT2D eigenvalue weighted by Crippen LogP contribution is 2.31. The van der Waals surface area contributed by atoms with Gasteiger partial charge in [-0.3, -0.25) is 4.79 Å². The zero-order chi connectivity index (χ0) is 24.3. The minimum absolute atomic E-state index is 0.108. The fourth-order valence-electron chi connectivity index (χ4n) is 3.65. The van der Waals surface area contributed by atoms with E-state index in [1.807, 2.05) is 31.2 Å². The standard InChI is InChI=1S/C23H31N3O6S/c1-15-12-26(16(2)14-27)23(28)20-10-18(17-6-8-19(31-4)9-7-17)11-24-22(20)32-21(15)13-25(3)33(5,29)30/h6-11,15-16,21,27H,12-14H2,1-5H3/t15-,16+,21+/m1/s1. The first-order valence-electron chi connectivity index (χ1n) is 10.7. The van der Waals surface area contributed by atoms with Crippen molar-refractivity contribution in [2.24, 2.45) is 5.92 Å². The minimum Gasteiger partial charge on any atom is -0.497 e. The van der Waals surface area contributed by atoms with Crippen molar-refractivity contribution in [3.05, 3.63) is 42.1 Å². The largest absolute Gasteiger partial charge is 0.497 e. The minimum atomic E-state index is -3.42. The van der Waals surface area contributed by atoms with Gasteiger partial charge in [-0.05, 0) is 30.7 Å². The van der Waals surface area contributed by atoms with Gasteiger partial charge in [0, 0.05) is 31.3 Å². The quantitative estimate of drug-likeness (QED) is 0.648. The van der Waals surface area contributed by atoms with Crippen molar-refractivity contribution in [1.82, 2.24) is 14.2 Å². The third-order valence-corrected chi connectivity index (χ3v) is 7.23. The van der Waals surface area contributed by atoms with Crippen LogP contribution in [-0.2, 0) is 10.0 Å². The Morgan fingerprint density at radius 3 is 2.55 bits per heavy atom. The highest BCUT2D eigenvalue weighted by molar-refractivity contribution is 7.88. The summed E-state index contributed by atoms with van der Waals surface area (Å²) in [5.41, 5.74) is 1.84. The summed E-state index contributed by atoms with van der Waals surface area (Å²) in [6.45, 7) is 3.87. The number of rotatable bonds is 7. The first-order chi connectivity index (χ1) is 15.5. The molecule has 10 heteroatoms. The predicted octanol–water partition coefficient (Wildman–Crippen LogP) is 1.87. The molecule has 0 fully saturated rings. The van der Waals surface area contributed by atoms with Crippen molar-refractivity contribution in [1.29, 1.82) is 0 Å². The Morgan fingerprint density at radius 1 is 1.30 bits per heavy atom. The Bertz CT molecular complexity index is 1090. The average molecular weight is 478 g/mol. The molecule has 0 radical (unpaired) electrons. The number of aromatic nitrogens is 1. The van der Waals surface area contributed by atoms with E-state index >= 15 is 0 Å². The number of sulfonamides is 1. The van der Waals surface area contributed by atoms with Crippen LogP contribution in [0.3, 0.4) is 0 Å². The molecule has 0 aliphatic carbocycles. The maximum atomic E-state index is 13.5. The third-order valence-electron chi connectivity index (χ3n) is 5.95. The molecule has 180 valence electrons. The second kappa shape index (κ2) is 10.1. The van der Waals surface area contributed by atoms with Crippen molar-refractivity contribution >= 4 is 15.9 Å². The van der Waals surface area contributed by atoms with E-state index in [2.05, 4.69) is 4.98 Å². The summed E-state index contributed by atoms with van der Waals surface area (Å²) in [6, 6.07) is 8.68. The van der Waals surface area contributed by atoms with Gasteiger partial charge < -0.3 is 19.5 Å². The Morgan fingerprint density at radius 2 is 1.97 bits per heavy atom. The molecule has 0 saturated heterocycles. The fourth-order valence-corrected chi connectivity index (χ4v) is 4.07. The fraction of sp³-hybridized carbons (Fsp3) is 0.478. The molecule has 3 atom stereocenters. The highest BCUT2D eigenvalue weighted by Gasteiger charge is 2.35. The lowest BCUT2D eigenvalue weighted by atomic mass is 9.99. The summed E-state index contributed by atoms with van der Waals surface area (Å²) in [7, 11) is -0.334. The summed E-state index contributed by atoms with van der Waals surface area (Å²) >= 11 is 0. The van der Waals surface area contributed by atoms with Crippen LogP contribution in [0.1, 0.15) is 24.2 Å². The van der Waals surface area contributed by atoms with Crippen molar-refractivity contribution in [3.63, 3.8) is 0 Å². The van der Waals surface area contributed by atoms with Crippen molar-refractivity contribution in [2.45, 2.75) is 26.0 Å². The molecule has 1 aromatic carbocycles. The second-order valence-electron chi connectivity index (χ2n) is 8.47. The summed E-state index contributed by atoms with van der Waals surface area (Å²) in [5.74, 6) is 0.359. The molecular formula is C23H31N3O6S. The van der Waals surface area contributed by atoms with Crippen LogP contribution >= 0.6 is 0 Å².